The van der Waals surface area contributed by atoms with Crippen LogP contribution in [0.5, 0.6) is 0 Å². The molecule has 5 heteroatoms. The van der Waals surface area contributed by atoms with Gasteiger partial charge in [-0.3, -0.25) is 0 Å². The van der Waals surface area contributed by atoms with Gasteiger partial charge in [0.1, 0.15) is 5.82 Å². The quantitative estimate of drug-likeness (QED) is 0.780. The van der Waals surface area contributed by atoms with Crippen molar-refractivity contribution < 1.29 is 4.42 Å². The van der Waals surface area contributed by atoms with Crippen LogP contribution in [0.2, 0.25) is 0 Å². The minimum absolute atomic E-state index is 0.570. The number of aromatic nitrogens is 2. The van der Waals surface area contributed by atoms with Gasteiger partial charge in [0.2, 0.25) is 0 Å². The maximum Gasteiger partial charge on any atom is 0.197 e. The van der Waals surface area contributed by atoms with E-state index >= 15 is 0 Å². The predicted molar refractivity (Wildman–Crippen MR) is 57.3 cm³/mol. The van der Waals surface area contributed by atoms with Crippen molar-refractivity contribution in [1.29, 1.82) is 0 Å². The Bertz CT molecular complexity index is 413. The van der Waals surface area contributed by atoms with Crippen LogP contribution in [0.15, 0.2) is 35.1 Å². The average molecular weight is 204 g/mol. The average Bonchev–Trinajstić information content (AvgIpc) is 2.80. The second-order valence-corrected chi connectivity index (χ2v) is 2.96. The van der Waals surface area contributed by atoms with Gasteiger partial charge in [-0.25, -0.2) is 9.97 Å². The summed E-state index contributed by atoms with van der Waals surface area (Å²) in [4.78, 5) is 8.40. The number of rotatable bonds is 4. The zero-order valence-corrected chi connectivity index (χ0v) is 8.18. The molecule has 78 valence electrons. The highest BCUT2D eigenvalue weighted by Crippen LogP contribution is 2.15. The predicted octanol–water partition coefficient (Wildman–Crippen LogP) is 1.11. The fourth-order valence-corrected chi connectivity index (χ4v) is 1.18. The maximum atomic E-state index is 5.38. The van der Waals surface area contributed by atoms with Gasteiger partial charge >= 0.3 is 0 Å². The number of hydrogen-bond acceptors (Lipinski definition) is 5. The Morgan fingerprint density at radius 3 is 3.07 bits per heavy atom. The fourth-order valence-electron chi connectivity index (χ4n) is 1.18. The van der Waals surface area contributed by atoms with Crippen LogP contribution in [0, 0.1) is 0 Å². The standard InChI is InChI=1S/C10H12N4O/c11-4-6-12-9-3-5-13-10(14-9)8-2-1-7-15-8/h1-3,5,7H,4,6,11H2,(H,12,13,14). The molecule has 0 saturated carbocycles. The summed E-state index contributed by atoms with van der Waals surface area (Å²) in [7, 11) is 0. The van der Waals surface area contributed by atoms with E-state index in [4.69, 9.17) is 10.2 Å². The summed E-state index contributed by atoms with van der Waals surface area (Å²) in [5, 5.41) is 3.08. The van der Waals surface area contributed by atoms with E-state index in [2.05, 4.69) is 15.3 Å². The molecule has 0 fully saturated rings. The van der Waals surface area contributed by atoms with Crippen molar-refractivity contribution >= 4 is 5.82 Å². The topological polar surface area (TPSA) is 77.0 Å². The van der Waals surface area contributed by atoms with Crippen molar-refractivity contribution in [2.24, 2.45) is 5.73 Å². The summed E-state index contributed by atoms with van der Waals surface area (Å²) in [5.41, 5.74) is 5.38. The van der Waals surface area contributed by atoms with Gasteiger partial charge < -0.3 is 15.5 Å². The van der Waals surface area contributed by atoms with Crippen molar-refractivity contribution in [3.05, 3.63) is 30.7 Å². The fraction of sp³-hybridized carbons (Fsp3) is 0.200. The lowest BCUT2D eigenvalue weighted by Crippen LogP contribution is -2.14. The normalized spacial score (nSPS) is 10.2. The van der Waals surface area contributed by atoms with E-state index in [0.29, 0.717) is 24.7 Å². The number of nitrogens with one attached hydrogen (secondary N) is 1. The highest BCUT2D eigenvalue weighted by Gasteiger charge is 2.04. The van der Waals surface area contributed by atoms with Crippen molar-refractivity contribution in [1.82, 2.24) is 9.97 Å². The molecule has 0 unspecified atom stereocenters. The van der Waals surface area contributed by atoms with Gasteiger partial charge in [0.05, 0.1) is 6.26 Å². The molecule has 2 rings (SSSR count). The van der Waals surface area contributed by atoms with Crippen molar-refractivity contribution in [2.75, 3.05) is 18.4 Å². The number of anilines is 1. The first-order chi connectivity index (χ1) is 7.40. The molecule has 0 amide bonds. The Morgan fingerprint density at radius 1 is 1.40 bits per heavy atom. The molecule has 0 radical (unpaired) electrons. The lowest BCUT2D eigenvalue weighted by molar-refractivity contribution is 0.577. The number of furan rings is 1. The van der Waals surface area contributed by atoms with Crippen molar-refractivity contribution in [3.8, 4) is 11.6 Å². The molecule has 2 heterocycles. The largest absolute Gasteiger partial charge is 0.461 e. The Morgan fingerprint density at radius 2 is 2.33 bits per heavy atom. The first-order valence-corrected chi connectivity index (χ1v) is 4.71. The summed E-state index contributed by atoms with van der Waals surface area (Å²) >= 11 is 0. The number of nitrogens with two attached hydrogens (primary N) is 1. The maximum absolute atomic E-state index is 5.38. The lowest BCUT2D eigenvalue weighted by Gasteiger charge is -2.03. The van der Waals surface area contributed by atoms with Crippen LogP contribution >= 0.6 is 0 Å². The summed E-state index contributed by atoms with van der Waals surface area (Å²) < 4.78 is 5.20. The Hall–Kier alpha value is -1.88. The van der Waals surface area contributed by atoms with E-state index in [9.17, 15) is 0 Å². The third kappa shape index (κ3) is 2.32. The molecule has 0 saturated heterocycles. The van der Waals surface area contributed by atoms with E-state index in [1.807, 2.05) is 6.07 Å². The molecule has 0 spiro atoms. The molecule has 5 nitrogen and oxygen atoms in total. The summed E-state index contributed by atoms with van der Waals surface area (Å²) in [6, 6.07) is 5.42. The van der Waals surface area contributed by atoms with E-state index in [1.165, 1.54) is 0 Å². The Kier molecular flexibility index (Phi) is 2.94. The summed E-state index contributed by atoms with van der Waals surface area (Å²) in [5.74, 6) is 1.98. The molecular weight excluding hydrogens is 192 g/mol. The van der Waals surface area contributed by atoms with Crippen LogP contribution in [-0.2, 0) is 0 Å². The second-order valence-electron chi connectivity index (χ2n) is 2.96. The van der Waals surface area contributed by atoms with E-state index < -0.39 is 0 Å². The van der Waals surface area contributed by atoms with Gasteiger partial charge in [0, 0.05) is 19.3 Å². The van der Waals surface area contributed by atoms with Gasteiger partial charge in [0.15, 0.2) is 11.6 Å². The van der Waals surface area contributed by atoms with Gasteiger partial charge in [-0.05, 0) is 18.2 Å². The molecule has 0 aromatic carbocycles. The van der Waals surface area contributed by atoms with Crippen LogP contribution in [-0.4, -0.2) is 23.1 Å². The molecule has 2 aromatic rings. The molecule has 3 N–H and O–H groups in total. The first-order valence-electron chi connectivity index (χ1n) is 4.71. The molecule has 0 aliphatic carbocycles. The first kappa shape index (κ1) is 9.67. The van der Waals surface area contributed by atoms with E-state index in [0.717, 1.165) is 5.82 Å². The summed E-state index contributed by atoms with van der Waals surface area (Å²) in [6.45, 7) is 1.26. The number of nitrogens with zero attached hydrogens (tertiary/aromatic N) is 2. The smallest absolute Gasteiger partial charge is 0.197 e. The van der Waals surface area contributed by atoms with Crippen LogP contribution in [0.4, 0.5) is 5.82 Å². The minimum Gasteiger partial charge on any atom is -0.461 e. The molecule has 0 atom stereocenters. The third-order valence-electron chi connectivity index (χ3n) is 1.85. The number of hydrogen-bond donors (Lipinski definition) is 2. The van der Waals surface area contributed by atoms with Gasteiger partial charge in [-0.15, -0.1) is 0 Å². The van der Waals surface area contributed by atoms with E-state index in [1.54, 1.807) is 24.6 Å². The molecule has 2 aromatic heterocycles. The van der Waals surface area contributed by atoms with Crippen LogP contribution in [0.3, 0.4) is 0 Å². The SMILES string of the molecule is NCCNc1ccnc(-c2ccco2)n1. The van der Waals surface area contributed by atoms with Crippen LogP contribution in [0.25, 0.3) is 11.6 Å². The highest BCUT2D eigenvalue weighted by molar-refractivity contribution is 5.49. The monoisotopic (exact) mass is 204 g/mol. The molecule has 0 bridgehead atoms. The molecule has 0 aliphatic heterocycles. The van der Waals surface area contributed by atoms with Gasteiger partial charge in [0.25, 0.3) is 0 Å². The third-order valence-corrected chi connectivity index (χ3v) is 1.85. The van der Waals surface area contributed by atoms with Crippen LogP contribution < -0.4 is 11.1 Å². The second kappa shape index (κ2) is 4.56. The summed E-state index contributed by atoms with van der Waals surface area (Å²) in [6.07, 6.45) is 3.28. The molecular formula is C10H12N4O. The Balaban J connectivity index is 2.19. The Labute approximate surface area is 87.3 Å². The van der Waals surface area contributed by atoms with Crippen LogP contribution in [0.1, 0.15) is 0 Å². The molecule has 0 aliphatic rings. The zero-order valence-electron chi connectivity index (χ0n) is 8.18. The van der Waals surface area contributed by atoms with E-state index in [-0.39, 0.29) is 0 Å². The zero-order chi connectivity index (χ0) is 10.5. The van der Waals surface area contributed by atoms with Crippen molar-refractivity contribution in [2.45, 2.75) is 0 Å². The van der Waals surface area contributed by atoms with Crippen molar-refractivity contribution in [3.63, 3.8) is 0 Å². The van der Waals surface area contributed by atoms with Gasteiger partial charge in [-0.2, -0.15) is 0 Å². The van der Waals surface area contributed by atoms with Gasteiger partial charge in [-0.1, -0.05) is 0 Å². The minimum atomic E-state index is 0.570. The lowest BCUT2D eigenvalue weighted by atomic mass is 10.4. The highest BCUT2D eigenvalue weighted by atomic mass is 16.3. The molecule has 15 heavy (non-hydrogen) atoms.